The molecule has 1 unspecified atom stereocenters. The zero-order valence-corrected chi connectivity index (χ0v) is 17.4. The molecule has 0 spiro atoms. The first kappa shape index (κ1) is 20.3. The number of fused-ring (bicyclic) bond motifs is 1. The van der Waals surface area contributed by atoms with Gasteiger partial charge < -0.3 is 29.6 Å². The van der Waals surface area contributed by atoms with Crippen LogP contribution in [0.1, 0.15) is 30.1 Å². The normalized spacial score (nSPS) is 21.0. The van der Waals surface area contributed by atoms with Gasteiger partial charge in [-0.15, -0.1) is 0 Å². The van der Waals surface area contributed by atoms with E-state index in [4.69, 9.17) is 18.9 Å². The smallest absolute Gasteiger partial charge is 0.251 e. The Bertz CT molecular complexity index is 880. The lowest BCUT2D eigenvalue weighted by molar-refractivity contribution is 0.0696. The highest BCUT2D eigenvalue weighted by atomic mass is 16.5. The summed E-state index contributed by atoms with van der Waals surface area (Å²) in [5.41, 5.74) is 0.973. The Hall–Kier alpha value is -2.93. The Balaban J connectivity index is 1.40. The largest absolute Gasteiger partial charge is 0.497 e. The fourth-order valence-electron chi connectivity index (χ4n) is 3.60. The molecular formula is C23H28N2O5. The first-order valence-electron chi connectivity index (χ1n) is 10.3. The van der Waals surface area contributed by atoms with E-state index >= 15 is 0 Å². The van der Waals surface area contributed by atoms with Crippen LogP contribution in [0, 0.1) is 0 Å². The lowest BCUT2D eigenvalue weighted by Crippen LogP contribution is -2.49. The van der Waals surface area contributed by atoms with Gasteiger partial charge in [-0.3, -0.25) is 4.79 Å². The van der Waals surface area contributed by atoms with E-state index in [1.807, 2.05) is 43.3 Å². The van der Waals surface area contributed by atoms with Crippen molar-refractivity contribution >= 4 is 11.6 Å². The molecule has 1 fully saturated rings. The van der Waals surface area contributed by atoms with E-state index in [1.165, 1.54) is 0 Å². The SMILES string of the molecule is COc1ccc(OCC2(C)COc3ccc(C(=O)NC4CCOCC4)cc3N2)cc1. The van der Waals surface area contributed by atoms with Crippen LogP contribution < -0.4 is 24.8 Å². The fourth-order valence-corrected chi connectivity index (χ4v) is 3.60. The maximum atomic E-state index is 12.7. The minimum absolute atomic E-state index is 0.0757. The third-order valence-electron chi connectivity index (χ3n) is 5.40. The number of carbonyl (C=O) groups is 1. The van der Waals surface area contributed by atoms with Crippen LogP contribution in [0.2, 0.25) is 0 Å². The van der Waals surface area contributed by atoms with Crippen LogP contribution >= 0.6 is 0 Å². The summed E-state index contributed by atoms with van der Waals surface area (Å²) in [4.78, 5) is 12.7. The van der Waals surface area contributed by atoms with Crippen molar-refractivity contribution in [2.24, 2.45) is 0 Å². The third-order valence-corrected chi connectivity index (χ3v) is 5.40. The van der Waals surface area contributed by atoms with E-state index in [2.05, 4.69) is 10.6 Å². The lowest BCUT2D eigenvalue weighted by atomic mass is 10.0. The van der Waals surface area contributed by atoms with Crippen molar-refractivity contribution in [1.29, 1.82) is 0 Å². The van der Waals surface area contributed by atoms with Gasteiger partial charge >= 0.3 is 0 Å². The van der Waals surface area contributed by atoms with Crippen LogP contribution in [-0.2, 0) is 4.74 Å². The van der Waals surface area contributed by atoms with Gasteiger partial charge in [-0.05, 0) is 62.2 Å². The maximum Gasteiger partial charge on any atom is 0.251 e. The molecule has 1 atom stereocenters. The highest BCUT2D eigenvalue weighted by Gasteiger charge is 2.32. The van der Waals surface area contributed by atoms with Crippen LogP contribution in [0.3, 0.4) is 0 Å². The molecule has 2 aliphatic rings. The molecule has 0 saturated carbocycles. The summed E-state index contributed by atoms with van der Waals surface area (Å²) in [6.45, 7) is 4.30. The summed E-state index contributed by atoms with van der Waals surface area (Å²) >= 11 is 0. The lowest BCUT2D eigenvalue weighted by Gasteiger charge is -2.36. The van der Waals surface area contributed by atoms with E-state index in [0.29, 0.717) is 32.0 Å². The number of anilines is 1. The highest BCUT2D eigenvalue weighted by Crippen LogP contribution is 2.34. The van der Waals surface area contributed by atoms with E-state index in [-0.39, 0.29) is 11.9 Å². The quantitative estimate of drug-likeness (QED) is 0.759. The van der Waals surface area contributed by atoms with Crippen molar-refractivity contribution in [2.75, 3.05) is 38.9 Å². The molecule has 2 N–H and O–H groups in total. The first-order chi connectivity index (χ1) is 14.5. The first-order valence-corrected chi connectivity index (χ1v) is 10.3. The number of rotatable bonds is 6. The number of ether oxygens (including phenoxy) is 4. The molecule has 0 radical (unpaired) electrons. The summed E-state index contributed by atoms with van der Waals surface area (Å²) in [6.07, 6.45) is 1.69. The Morgan fingerprint density at radius 3 is 2.63 bits per heavy atom. The monoisotopic (exact) mass is 412 g/mol. The molecular weight excluding hydrogens is 384 g/mol. The Labute approximate surface area is 176 Å². The fraction of sp³-hybridized carbons (Fsp3) is 0.435. The number of nitrogens with one attached hydrogen (secondary N) is 2. The average Bonchev–Trinajstić information content (AvgIpc) is 2.78. The van der Waals surface area contributed by atoms with Gasteiger partial charge in [0.1, 0.15) is 36.0 Å². The van der Waals surface area contributed by atoms with Gasteiger partial charge in [0.2, 0.25) is 0 Å². The van der Waals surface area contributed by atoms with Crippen molar-refractivity contribution in [2.45, 2.75) is 31.3 Å². The van der Waals surface area contributed by atoms with Gasteiger partial charge in [0, 0.05) is 24.8 Å². The van der Waals surface area contributed by atoms with Crippen LogP contribution in [-0.4, -0.2) is 51.0 Å². The summed E-state index contributed by atoms with van der Waals surface area (Å²) in [5.74, 6) is 2.20. The number of methoxy groups -OCH3 is 1. The van der Waals surface area contributed by atoms with Crippen LogP contribution in [0.5, 0.6) is 17.2 Å². The second-order valence-corrected chi connectivity index (χ2v) is 8.01. The second kappa shape index (κ2) is 8.83. The van der Waals surface area contributed by atoms with Crippen molar-refractivity contribution < 1.29 is 23.7 Å². The van der Waals surface area contributed by atoms with Gasteiger partial charge in [-0.2, -0.15) is 0 Å². The number of hydrogen-bond acceptors (Lipinski definition) is 6. The highest BCUT2D eigenvalue weighted by molar-refractivity contribution is 5.96. The minimum atomic E-state index is -0.428. The average molecular weight is 412 g/mol. The van der Waals surface area contributed by atoms with Crippen LogP contribution in [0.15, 0.2) is 42.5 Å². The van der Waals surface area contributed by atoms with Crippen molar-refractivity contribution in [1.82, 2.24) is 5.32 Å². The predicted molar refractivity (Wildman–Crippen MR) is 114 cm³/mol. The molecule has 0 bridgehead atoms. The number of carbonyl (C=O) groups excluding carboxylic acids is 1. The van der Waals surface area contributed by atoms with E-state index in [0.717, 1.165) is 35.8 Å². The maximum absolute atomic E-state index is 12.7. The molecule has 7 nitrogen and oxygen atoms in total. The Kier molecular flexibility index (Phi) is 5.99. The van der Waals surface area contributed by atoms with E-state index in [9.17, 15) is 4.79 Å². The van der Waals surface area contributed by atoms with Crippen molar-refractivity contribution in [3.63, 3.8) is 0 Å². The Morgan fingerprint density at radius 2 is 1.90 bits per heavy atom. The second-order valence-electron chi connectivity index (χ2n) is 8.01. The molecule has 30 heavy (non-hydrogen) atoms. The molecule has 0 aliphatic carbocycles. The molecule has 1 saturated heterocycles. The van der Waals surface area contributed by atoms with E-state index in [1.54, 1.807) is 13.2 Å². The predicted octanol–water partition coefficient (Wildman–Crippen LogP) is 3.25. The minimum Gasteiger partial charge on any atom is -0.497 e. The number of hydrogen-bond donors (Lipinski definition) is 2. The van der Waals surface area contributed by atoms with Crippen molar-refractivity contribution in [3.8, 4) is 17.2 Å². The van der Waals surface area contributed by atoms with Gasteiger partial charge in [0.05, 0.1) is 12.8 Å². The molecule has 2 aromatic carbocycles. The molecule has 7 heteroatoms. The van der Waals surface area contributed by atoms with E-state index < -0.39 is 5.54 Å². The molecule has 1 amide bonds. The molecule has 2 aliphatic heterocycles. The zero-order chi connectivity index (χ0) is 21.0. The number of benzene rings is 2. The summed E-state index contributed by atoms with van der Waals surface area (Å²) < 4.78 is 22.4. The third kappa shape index (κ3) is 4.79. The van der Waals surface area contributed by atoms with Crippen LogP contribution in [0.4, 0.5) is 5.69 Å². The molecule has 2 heterocycles. The summed E-state index contributed by atoms with van der Waals surface area (Å²) in [5, 5.41) is 6.59. The Morgan fingerprint density at radius 1 is 1.17 bits per heavy atom. The zero-order valence-electron chi connectivity index (χ0n) is 17.4. The molecule has 2 aromatic rings. The summed E-state index contributed by atoms with van der Waals surface area (Å²) in [7, 11) is 1.63. The van der Waals surface area contributed by atoms with Gasteiger partial charge in [0.15, 0.2) is 0 Å². The van der Waals surface area contributed by atoms with Crippen LogP contribution in [0.25, 0.3) is 0 Å². The number of amides is 1. The standard InChI is InChI=1S/C23H28N2O5/c1-23(14-29-19-6-4-18(27-2)5-7-19)15-30-21-8-3-16(13-20(21)25-23)22(26)24-17-9-11-28-12-10-17/h3-8,13,17,25H,9-12,14-15H2,1-2H3,(H,24,26). The van der Waals surface area contributed by atoms with Gasteiger partial charge in [-0.25, -0.2) is 0 Å². The summed E-state index contributed by atoms with van der Waals surface area (Å²) in [6, 6.07) is 13.1. The molecule has 0 aromatic heterocycles. The molecule has 160 valence electrons. The topological polar surface area (TPSA) is 78.1 Å². The van der Waals surface area contributed by atoms with Gasteiger partial charge in [-0.1, -0.05) is 0 Å². The van der Waals surface area contributed by atoms with Crippen molar-refractivity contribution in [3.05, 3.63) is 48.0 Å². The van der Waals surface area contributed by atoms with Gasteiger partial charge in [0.25, 0.3) is 5.91 Å². The molecule has 4 rings (SSSR count).